The standard InChI is InChI=1S/C9H15N3/c1-9(2,3)12-11-8-6-4-5-7-10-8/h4-7,12H,1-3H3,(H,10,11). The maximum Gasteiger partial charge on any atom is 0.140 e. The molecule has 1 aromatic heterocycles. The van der Waals surface area contributed by atoms with E-state index in [2.05, 4.69) is 36.6 Å². The molecule has 66 valence electrons. The van der Waals surface area contributed by atoms with Gasteiger partial charge in [-0.25, -0.2) is 10.4 Å². The Morgan fingerprint density at radius 1 is 1.25 bits per heavy atom. The fourth-order valence-electron chi connectivity index (χ4n) is 0.688. The van der Waals surface area contributed by atoms with Crippen LogP contribution in [0.15, 0.2) is 24.4 Å². The highest BCUT2D eigenvalue weighted by Gasteiger charge is 2.07. The van der Waals surface area contributed by atoms with Crippen LogP contribution in [0.2, 0.25) is 0 Å². The Hall–Kier alpha value is -1.09. The summed E-state index contributed by atoms with van der Waals surface area (Å²) in [6, 6.07) is 5.75. The molecule has 0 saturated heterocycles. The van der Waals surface area contributed by atoms with Gasteiger partial charge in [0.05, 0.1) is 0 Å². The quantitative estimate of drug-likeness (QED) is 0.656. The number of rotatable bonds is 2. The average Bonchev–Trinajstić information content (AvgIpc) is 2.02. The molecule has 0 aliphatic carbocycles. The van der Waals surface area contributed by atoms with Crippen LogP contribution in [-0.4, -0.2) is 10.5 Å². The van der Waals surface area contributed by atoms with Crippen molar-refractivity contribution in [3.05, 3.63) is 24.4 Å². The second-order valence-corrected chi connectivity index (χ2v) is 3.71. The van der Waals surface area contributed by atoms with E-state index in [1.165, 1.54) is 0 Å². The first-order valence-corrected chi connectivity index (χ1v) is 4.02. The van der Waals surface area contributed by atoms with Crippen molar-refractivity contribution in [1.29, 1.82) is 0 Å². The molecule has 0 amide bonds. The Morgan fingerprint density at radius 2 is 2.00 bits per heavy atom. The molecule has 0 bridgehead atoms. The summed E-state index contributed by atoms with van der Waals surface area (Å²) in [5, 5.41) is 0. The molecule has 0 aliphatic heterocycles. The van der Waals surface area contributed by atoms with Crippen LogP contribution in [-0.2, 0) is 0 Å². The predicted molar refractivity (Wildman–Crippen MR) is 50.7 cm³/mol. The van der Waals surface area contributed by atoms with E-state index in [1.54, 1.807) is 6.20 Å². The molecule has 0 aromatic carbocycles. The van der Waals surface area contributed by atoms with E-state index >= 15 is 0 Å². The molecule has 0 aliphatic rings. The zero-order valence-electron chi connectivity index (χ0n) is 7.76. The van der Waals surface area contributed by atoms with Gasteiger partial charge in [-0.2, -0.15) is 0 Å². The van der Waals surface area contributed by atoms with Gasteiger partial charge in [-0.1, -0.05) is 6.07 Å². The van der Waals surface area contributed by atoms with Crippen molar-refractivity contribution >= 4 is 5.82 Å². The van der Waals surface area contributed by atoms with Crippen molar-refractivity contribution in [2.45, 2.75) is 26.3 Å². The second-order valence-electron chi connectivity index (χ2n) is 3.71. The lowest BCUT2D eigenvalue weighted by molar-refractivity contribution is 0.464. The summed E-state index contributed by atoms with van der Waals surface area (Å²) in [5.74, 6) is 0.840. The average molecular weight is 165 g/mol. The van der Waals surface area contributed by atoms with E-state index in [0.29, 0.717) is 0 Å². The number of hydrazine groups is 1. The zero-order valence-corrected chi connectivity index (χ0v) is 7.76. The van der Waals surface area contributed by atoms with Gasteiger partial charge in [0.2, 0.25) is 0 Å². The molecule has 0 spiro atoms. The highest BCUT2D eigenvalue weighted by molar-refractivity contribution is 5.31. The van der Waals surface area contributed by atoms with Gasteiger partial charge in [-0.15, -0.1) is 0 Å². The number of hydrogen-bond donors (Lipinski definition) is 2. The Kier molecular flexibility index (Phi) is 2.65. The fourth-order valence-corrected chi connectivity index (χ4v) is 0.688. The smallest absolute Gasteiger partial charge is 0.140 e. The molecule has 1 heterocycles. The van der Waals surface area contributed by atoms with E-state index in [0.717, 1.165) is 5.82 Å². The van der Waals surface area contributed by atoms with Crippen LogP contribution in [0.3, 0.4) is 0 Å². The molecule has 3 heteroatoms. The maximum absolute atomic E-state index is 4.11. The van der Waals surface area contributed by atoms with Gasteiger partial charge in [0.1, 0.15) is 5.82 Å². The first kappa shape index (κ1) is 9.00. The summed E-state index contributed by atoms with van der Waals surface area (Å²) in [6.07, 6.45) is 1.76. The van der Waals surface area contributed by atoms with Crippen LogP contribution in [0.25, 0.3) is 0 Å². The van der Waals surface area contributed by atoms with Crippen molar-refractivity contribution in [2.24, 2.45) is 0 Å². The third-order valence-corrected chi connectivity index (χ3v) is 1.23. The largest absolute Gasteiger partial charge is 0.305 e. The number of anilines is 1. The second kappa shape index (κ2) is 3.54. The van der Waals surface area contributed by atoms with Crippen LogP contribution >= 0.6 is 0 Å². The molecule has 0 radical (unpaired) electrons. The van der Waals surface area contributed by atoms with E-state index in [1.807, 2.05) is 18.2 Å². The van der Waals surface area contributed by atoms with Crippen molar-refractivity contribution in [2.75, 3.05) is 5.43 Å². The van der Waals surface area contributed by atoms with Crippen molar-refractivity contribution in [3.63, 3.8) is 0 Å². The summed E-state index contributed by atoms with van der Waals surface area (Å²) in [7, 11) is 0. The van der Waals surface area contributed by atoms with Crippen molar-refractivity contribution in [3.8, 4) is 0 Å². The van der Waals surface area contributed by atoms with Crippen LogP contribution in [0.4, 0.5) is 5.82 Å². The topological polar surface area (TPSA) is 37.0 Å². The number of pyridine rings is 1. The number of nitrogens with one attached hydrogen (secondary N) is 2. The van der Waals surface area contributed by atoms with Crippen molar-refractivity contribution in [1.82, 2.24) is 10.4 Å². The number of hydrogen-bond acceptors (Lipinski definition) is 3. The molecular formula is C9H15N3. The van der Waals surface area contributed by atoms with Gasteiger partial charge in [0, 0.05) is 11.7 Å². The molecule has 0 unspecified atom stereocenters. The summed E-state index contributed by atoms with van der Waals surface area (Å²) in [4.78, 5) is 4.11. The summed E-state index contributed by atoms with van der Waals surface area (Å²) < 4.78 is 0. The Balaban J connectivity index is 2.44. The van der Waals surface area contributed by atoms with Crippen LogP contribution < -0.4 is 10.9 Å². The van der Waals surface area contributed by atoms with E-state index in [4.69, 9.17) is 0 Å². The van der Waals surface area contributed by atoms with Gasteiger partial charge in [0.15, 0.2) is 0 Å². The van der Waals surface area contributed by atoms with E-state index in [9.17, 15) is 0 Å². The molecular weight excluding hydrogens is 150 g/mol. The third kappa shape index (κ3) is 3.34. The van der Waals surface area contributed by atoms with Crippen LogP contribution in [0.1, 0.15) is 20.8 Å². The third-order valence-electron chi connectivity index (χ3n) is 1.23. The minimum atomic E-state index is 0.0531. The van der Waals surface area contributed by atoms with Gasteiger partial charge < -0.3 is 5.43 Å². The number of nitrogens with zero attached hydrogens (tertiary/aromatic N) is 1. The molecule has 1 rings (SSSR count). The molecule has 3 nitrogen and oxygen atoms in total. The van der Waals surface area contributed by atoms with E-state index in [-0.39, 0.29) is 5.54 Å². The summed E-state index contributed by atoms with van der Waals surface area (Å²) in [5.41, 5.74) is 6.20. The Labute approximate surface area is 73.2 Å². The zero-order chi connectivity index (χ0) is 9.03. The monoisotopic (exact) mass is 165 g/mol. The lowest BCUT2D eigenvalue weighted by Gasteiger charge is -2.21. The lowest BCUT2D eigenvalue weighted by atomic mass is 10.1. The van der Waals surface area contributed by atoms with Gasteiger partial charge >= 0.3 is 0 Å². The fraction of sp³-hybridized carbons (Fsp3) is 0.444. The summed E-state index contributed by atoms with van der Waals surface area (Å²) in [6.45, 7) is 6.26. The molecule has 0 atom stereocenters. The maximum atomic E-state index is 4.11. The Morgan fingerprint density at radius 3 is 2.50 bits per heavy atom. The molecule has 1 aromatic rings. The highest BCUT2D eigenvalue weighted by Crippen LogP contribution is 2.01. The molecule has 0 saturated carbocycles. The molecule has 0 fully saturated rings. The Bertz CT molecular complexity index is 225. The lowest BCUT2D eigenvalue weighted by Crippen LogP contribution is -2.40. The SMILES string of the molecule is CC(C)(C)NNc1ccccn1. The summed E-state index contributed by atoms with van der Waals surface area (Å²) >= 11 is 0. The first-order chi connectivity index (χ1) is 5.58. The van der Waals surface area contributed by atoms with Crippen LogP contribution in [0.5, 0.6) is 0 Å². The number of aromatic nitrogens is 1. The molecule has 12 heavy (non-hydrogen) atoms. The van der Waals surface area contributed by atoms with E-state index < -0.39 is 0 Å². The van der Waals surface area contributed by atoms with Gasteiger partial charge in [-0.05, 0) is 32.9 Å². The first-order valence-electron chi connectivity index (χ1n) is 4.02. The van der Waals surface area contributed by atoms with Crippen molar-refractivity contribution < 1.29 is 0 Å². The normalized spacial score (nSPS) is 11.2. The molecule has 2 N–H and O–H groups in total. The van der Waals surface area contributed by atoms with Gasteiger partial charge in [0.25, 0.3) is 0 Å². The minimum Gasteiger partial charge on any atom is -0.305 e. The van der Waals surface area contributed by atoms with Crippen LogP contribution in [0, 0.1) is 0 Å². The van der Waals surface area contributed by atoms with Gasteiger partial charge in [-0.3, -0.25) is 0 Å². The highest BCUT2D eigenvalue weighted by atomic mass is 15.4. The predicted octanol–water partition coefficient (Wildman–Crippen LogP) is 1.80. The minimum absolute atomic E-state index is 0.0531.